The molecule has 0 amide bonds. The molecule has 0 aromatic heterocycles. The van der Waals surface area contributed by atoms with Crippen molar-refractivity contribution in [1.82, 2.24) is 0 Å². The van der Waals surface area contributed by atoms with Crippen LogP contribution in [0.5, 0.6) is 0 Å². The third-order valence-electron chi connectivity index (χ3n) is 1.52. The molecule has 0 aliphatic carbocycles. The fourth-order valence-corrected chi connectivity index (χ4v) is 3.26. The predicted molar refractivity (Wildman–Crippen MR) is 44.1 cm³/mol. The minimum atomic E-state index is -0.833. The Balaban J connectivity index is 0.000000364. The van der Waals surface area contributed by atoms with Gasteiger partial charge in [0.2, 0.25) is 0 Å². The Morgan fingerprint density at radius 2 is 1.93 bits per heavy atom. The molecule has 1 fully saturated rings. The second-order valence-corrected chi connectivity index (χ2v) is 5.19. The first-order valence-corrected chi connectivity index (χ1v) is 8.32. The summed E-state index contributed by atoms with van der Waals surface area (Å²) in [5.74, 6) is -0.833. The molecule has 1 heterocycles. The van der Waals surface area contributed by atoms with Gasteiger partial charge >= 0.3 is 76.9 Å². The fourth-order valence-electron chi connectivity index (χ4n) is 0.910. The molecule has 0 saturated carbocycles. The maximum absolute atomic E-state index is 9.00. The normalized spacial score (nSPS) is 31.6. The molecule has 1 N–H and O–H groups in total. The van der Waals surface area contributed by atoms with Crippen LogP contribution in [0, 0.1) is 0 Å². The Kier molecular flexibility index (Phi) is 7.71. The molecule has 0 radical (unpaired) electrons. The van der Waals surface area contributed by atoms with Crippen molar-refractivity contribution in [2.75, 3.05) is 0 Å². The van der Waals surface area contributed by atoms with Gasteiger partial charge in [-0.05, 0) is 0 Å². The van der Waals surface area contributed by atoms with E-state index in [4.69, 9.17) is 24.4 Å². The van der Waals surface area contributed by atoms with Gasteiger partial charge in [0.05, 0.1) is 0 Å². The molecule has 1 aliphatic rings. The second kappa shape index (κ2) is 7.56. The first-order chi connectivity index (χ1) is 6.47. The fraction of sp³-hybridized carbons (Fsp3) is 0.875. The monoisotopic (exact) mass is 393 g/mol. The third-order valence-corrected chi connectivity index (χ3v) is 3.73. The molecular formula is C8H15HgO5. The van der Waals surface area contributed by atoms with Gasteiger partial charge < -0.3 is 5.11 Å². The molecule has 79 valence electrons. The molecule has 6 heteroatoms. The van der Waals surface area contributed by atoms with Crippen LogP contribution in [-0.2, 0) is 45.4 Å². The molecule has 14 heavy (non-hydrogen) atoms. The van der Waals surface area contributed by atoms with Crippen LogP contribution >= 0.6 is 0 Å². The van der Waals surface area contributed by atoms with Crippen LogP contribution in [0.2, 0.25) is 3.93 Å². The minimum absolute atomic E-state index is 0.105. The van der Waals surface area contributed by atoms with E-state index in [9.17, 15) is 0 Å². The molecule has 1 rings (SSSR count). The van der Waals surface area contributed by atoms with E-state index in [1.165, 1.54) is 0 Å². The van der Waals surface area contributed by atoms with Crippen LogP contribution in [-0.4, -0.2) is 29.6 Å². The Hall–Kier alpha value is 0.285. The van der Waals surface area contributed by atoms with E-state index in [-0.39, 0.29) is 18.5 Å². The molecule has 1 saturated heterocycles. The molecule has 0 bridgehead atoms. The zero-order chi connectivity index (χ0) is 11.1. The van der Waals surface area contributed by atoms with Gasteiger partial charge in [0.25, 0.3) is 5.97 Å². The standard InChI is InChI=1S/C6H11O3.C2H4O2.Hg/c1-4-5(2)8-9-6(3)7-4;1-2(3)4;/h4-6H,1H2,2-3H3;1H3,(H,3,4);/t4-,5?,6-;;/m1../s1. The average molecular weight is 392 g/mol. The summed E-state index contributed by atoms with van der Waals surface area (Å²) in [4.78, 5) is 18.8. The number of hydrogen-bond acceptors (Lipinski definition) is 4. The number of carboxylic acid groups (broad SMARTS) is 1. The Morgan fingerprint density at radius 3 is 2.29 bits per heavy atom. The topological polar surface area (TPSA) is 65.0 Å². The molecule has 5 nitrogen and oxygen atoms in total. The van der Waals surface area contributed by atoms with E-state index in [1.54, 1.807) is 0 Å². The van der Waals surface area contributed by atoms with Crippen molar-refractivity contribution < 1.29 is 50.5 Å². The summed E-state index contributed by atoms with van der Waals surface area (Å²) in [7, 11) is 0. The van der Waals surface area contributed by atoms with E-state index < -0.39 is 5.97 Å². The second-order valence-electron chi connectivity index (χ2n) is 2.95. The van der Waals surface area contributed by atoms with Gasteiger partial charge in [-0.15, -0.1) is 0 Å². The van der Waals surface area contributed by atoms with Crippen molar-refractivity contribution in [2.24, 2.45) is 0 Å². The number of carboxylic acids is 1. The van der Waals surface area contributed by atoms with Crippen molar-refractivity contribution in [1.29, 1.82) is 0 Å². The van der Waals surface area contributed by atoms with Gasteiger partial charge in [-0.3, -0.25) is 4.79 Å². The van der Waals surface area contributed by atoms with E-state index >= 15 is 0 Å². The molecule has 1 unspecified atom stereocenters. The van der Waals surface area contributed by atoms with Gasteiger partial charge in [0.15, 0.2) is 0 Å². The molecule has 0 aromatic carbocycles. The van der Waals surface area contributed by atoms with Crippen molar-refractivity contribution in [3.05, 3.63) is 0 Å². The Morgan fingerprint density at radius 1 is 1.43 bits per heavy atom. The number of ether oxygens (including phenoxy) is 1. The van der Waals surface area contributed by atoms with E-state index in [0.717, 1.165) is 37.0 Å². The molecule has 0 spiro atoms. The third kappa shape index (κ3) is 6.70. The molecule has 1 aliphatic heterocycles. The van der Waals surface area contributed by atoms with Crippen LogP contribution in [0.4, 0.5) is 0 Å². The summed E-state index contributed by atoms with van der Waals surface area (Å²) in [6.07, 6.45) is 0.186. The van der Waals surface area contributed by atoms with Crippen LogP contribution in [0.3, 0.4) is 0 Å². The van der Waals surface area contributed by atoms with E-state index in [0.29, 0.717) is 0 Å². The average Bonchev–Trinajstić information content (AvgIpc) is 2.08. The van der Waals surface area contributed by atoms with Gasteiger partial charge in [0.1, 0.15) is 0 Å². The zero-order valence-electron chi connectivity index (χ0n) is 8.73. The number of rotatable bonds is 1. The Bertz CT molecular complexity index is 171. The summed E-state index contributed by atoms with van der Waals surface area (Å²) in [6.45, 7) is 4.91. The summed E-state index contributed by atoms with van der Waals surface area (Å²) in [6, 6.07) is 0. The summed E-state index contributed by atoms with van der Waals surface area (Å²) in [5, 5.41) is 7.42. The van der Waals surface area contributed by atoms with Crippen molar-refractivity contribution in [3.63, 3.8) is 0 Å². The SMILES string of the molecule is CC(=O)O.CC1OO[C@H](C)O[C@@H]1[CH2][Hg]. The van der Waals surface area contributed by atoms with Gasteiger partial charge in [-0.2, -0.15) is 0 Å². The van der Waals surface area contributed by atoms with Crippen LogP contribution < -0.4 is 0 Å². The summed E-state index contributed by atoms with van der Waals surface area (Å²) < 4.78 is 6.61. The first kappa shape index (κ1) is 14.3. The van der Waals surface area contributed by atoms with Crippen molar-refractivity contribution in [2.45, 2.75) is 43.2 Å². The van der Waals surface area contributed by atoms with Gasteiger partial charge in [0, 0.05) is 6.92 Å². The van der Waals surface area contributed by atoms with Crippen molar-refractivity contribution in [3.8, 4) is 0 Å². The molecule has 0 aromatic rings. The number of aliphatic carboxylic acids is 1. The van der Waals surface area contributed by atoms with Gasteiger partial charge in [-0.1, -0.05) is 0 Å². The maximum atomic E-state index is 9.00. The number of carbonyl (C=O) groups is 1. The van der Waals surface area contributed by atoms with E-state index in [2.05, 4.69) is 0 Å². The van der Waals surface area contributed by atoms with Crippen LogP contribution in [0.25, 0.3) is 0 Å². The summed E-state index contributed by atoms with van der Waals surface area (Å²) in [5.41, 5.74) is 0. The predicted octanol–water partition coefficient (Wildman–Crippen LogP) is 1.12. The van der Waals surface area contributed by atoms with Crippen LogP contribution in [0.15, 0.2) is 0 Å². The quantitative estimate of drug-likeness (QED) is 0.536. The number of hydrogen-bond donors (Lipinski definition) is 1. The first-order valence-electron chi connectivity index (χ1n) is 4.43. The zero-order valence-corrected chi connectivity index (χ0v) is 14.2. The van der Waals surface area contributed by atoms with Crippen LogP contribution in [0.1, 0.15) is 20.8 Å². The van der Waals surface area contributed by atoms with Gasteiger partial charge in [-0.25, -0.2) is 0 Å². The van der Waals surface area contributed by atoms with E-state index in [1.807, 2.05) is 13.8 Å². The van der Waals surface area contributed by atoms with Crippen molar-refractivity contribution >= 4 is 5.97 Å². The summed E-state index contributed by atoms with van der Waals surface area (Å²) >= 11 is 0.780. The Labute approximate surface area is 99.6 Å². The molecule has 3 atom stereocenters. The molecular weight excluding hydrogens is 377 g/mol.